The highest BCUT2D eigenvalue weighted by Gasteiger charge is 2.23. The van der Waals surface area contributed by atoms with E-state index in [1.165, 1.54) is 0 Å². The van der Waals surface area contributed by atoms with Crippen LogP contribution < -0.4 is 11.1 Å². The summed E-state index contributed by atoms with van der Waals surface area (Å²) in [4.78, 5) is 30.8. The van der Waals surface area contributed by atoms with Crippen molar-refractivity contribution in [3.8, 4) is 0 Å². The molecule has 1 aliphatic rings. The molecular formula is C25H32N4O3. The zero-order chi connectivity index (χ0) is 22.8. The van der Waals surface area contributed by atoms with Crippen LogP contribution in [0, 0.1) is 5.92 Å². The summed E-state index contributed by atoms with van der Waals surface area (Å²) in [6.45, 7) is 5.13. The van der Waals surface area contributed by atoms with Gasteiger partial charge in [0, 0.05) is 26.1 Å². The number of rotatable bonds is 8. The molecule has 2 aromatic carbocycles. The highest BCUT2D eigenvalue weighted by molar-refractivity contribution is 5.89. The molecule has 2 aromatic rings. The van der Waals surface area contributed by atoms with Crippen molar-refractivity contribution in [2.45, 2.75) is 39.3 Å². The maximum atomic E-state index is 12.5. The zero-order valence-electron chi connectivity index (χ0n) is 18.6. The number of guanidine groups is 1. The van der Waals surface area contributed by atoms with Gasteiger partial charge in [-0.25, -0.2) is 9.79 Å². The number of amides is 1. The van der Waals surface area contributed by atoms with Gasteiger partial charge in [0.25, 0.3) is 0 Å². The van der Waals surface area contributed by atoms with Crippen LogP contribution in [0.4, 0.5) is 0 Å². The number of aliphatic imine (C=N–C) groups is 1. The molecule has 3 N–H and O–H groups in total. The first kappa shape index (κ1) is 23.3. The third-order valence-corrected chi connectivity index (χ3v) is 5.43. The van der Waals surface area contributed by atoms with Crippen LogP contribution in [0.5, 0.6) is 0 Å². The van der Waals surface area contributed by atoms with E-state index in [1.807, 2.05) is 55.5 Å². The van der Waals surface area contributed by atoms with Crippen LogP contribution in [-0.2, 0) is 22.7 Å². The average Bonchev–Trinajstić information content (AvgIpc) is 2.81. The van der Waals surface area contributed by atoms with Crippen molar-refractivity contribution in [3.63, 3.8) is 0 Å². The van der Waals surface area contributed by atoms with Gasteiger partial charge in [-0.1, -0.05) is 42.5 Å². The van der Waals surface area contributed by atoms with Crippen LogP contribution in [-0.4, -0.2) is 42.4 Å². The zero-order valence-corrected chi connectivity index (χ0v) is 18.6. The number of piperidine rings is 1. The normalized spacial score (nSPS) is 16.5. The first-order valence-electron chi connectivity index (χ1n) is 11.2. The molecule has 1 unspecified atom stereocenters. The molecule has 0 aliphatic carbocycles. The van der Waals surface area contributed by atoms with Crippen molar-refractivity contribution < 1.29 is 14.3 Å². The van der Waals surface area contributed by atoms with E-state index in [0.717, 1.165) is 49.6 Å². The number of carbonyl (C=O) groups is 2. The number of nitrogens with zero attached hydrogens (tertiary/aromatic N) is 2. The summed E-state index contributed by atoms with van der Waals surface area (Å²) in [6.07, 6.45) is 2.42. The minimum absolute atomic E-state index is 0.244. The molecule has 0 saturated carbocycles. The molecule has 1 saturated heterocycles. The Morgan fingerprint density at radius 3 is 2.69 bits per heavy atom. The van der Waals surface area contributed by atoms with Crippen molar-refractivity contribution in [3.05, 3.63) is 71.3 Å². The number of ether oxygens (including phenoxy) is 1. The second-order valence-electron chi connectivity index (χ2n) is 8.06. The smallest absolute Gasteiger partial charge is 0.338 e. The van der Waals surface area contributed by atoms with Crippen molar-refractivity contribution in [1.82, 2.24) is 10.2 Å². The number of carbonyl (C=O) groups excluding carboxylic acids is 2. The van der Waals surface area contributed by atoms with Gasteiger partial charge in [-0.3, -0.25) is 4.79 Å². The van der Waals surface area contributed by atoms with Gasteiger partial charge in [0.1, 0.15) is 6.61 Å². The van der Waals surface area contributed by atoms with Crippen LogP contribution in [0.25, 0.3) is 0 Å². The summed E-state index contributed by atoms with van der Waals surface area (Å²) in [5, 5.41) is 3.34. The van der Waals surface area contributed by atoms with Crippen LogP contribution in [0.2, 0.25) is 0 Å². The van der Waals surface area contributed by atoms with Gasteiger partial charge in [-0.15, -0.1) is 0 Å². The number of likely N-dealkylation sites (tertiary alicyclic amines) is 1. The van der Waals surface area contributed by atoms with Crippen molar-refractivity contribution in [2.75, 3.05) is 19.6 Å². The SMILES string of the molecule is CCNC(=NCc1cccc(C(=O)OCc2ccccc2)c1)N1CCCC(CC(N)=O)C1. The van der Waals surface area contributed by atoms with Crippen molar-refractivity contribution >= 4 is 17.8 Å². The van der Waals surface area contributed by atoms with Gasteiger partial charge in [-0.2, -0.15) is 0 Å². The van der Waals surface area contributed by atoms with E-state index in [1.54, 1.807) is 6.07 Å². The molecule has 0 bridgehead atoms. The van der Waals surface area contributed by atoms with Crippen LogP contribution in [0.1, 0.15) is 47.7 Å². The molecule has 32 heavy (non-hydrogen) atoms. The summed E-state index contributed by atoms with van der Waals surface area (Å²) in [5.41, 5.74) is 7.79. The van der Waals surface area contributed by atoms with Crippen LogP contribution in [0.3, 0.4) is 0 Å². The predicted octanol–water partition coefficient (Wildman–Crippen LogP) is 3.10. The highest BCUT2D eigenvalue weighted by atomic mass is 16.5. The van der Waals surface area contributed by atoms with Crippen LogP contribution in [0.15, 0.2) is 59.6 Å². The molecule has 170 valence electrons. The molecule has 7 nitrogen and oxygen atoms in total. The third kappa shape index (κ3) is 7.11. The summed E-state index contributed by atoms with van der Waals surface area (Å²) < 4.78 is 5.44. The summed E-state index contributed by atoms with van der Waals surface area (Å²) in [7, 11) is 0. The second kappa shape index (κ2) is 11.9. The maximum absolute atomic E-state index is 12.5. The number of benzene rings is 2. The summed E-state index contributed by atoms with van der Waals surface area (Å²) in [6, 6.07) is 17.0. The number of primary amides is 1. The van der Waals surface area contributed by atoms with E-state index in [2.05, 4.69) is 10.2 Å². The molecule has 0 spiro atoms. The minimum atomic E-state index is -0.350. The minimum Gasteiger partial charge on any atom is -0.457 e. The molecule has 1 fully saturated rings. The fraction of sp³-hybridized carbons (Fsp3) is 0.400. The third-order valence-electron chi connectivity index (χ3n) is 5.43. The van der Waals surface area contributed by atoms with Gasteiger partial charge >= 0.3 is 5.97 Å². The molecule has 1 atom stereocenters. The summed E-state index contributed by atoms with van der Waals surface area (Å²) >= 11 is 0. The molecule has 7 heteroatoms. The van der Waals surface area contributed by atoms with E-state index in [-0.39, 0.29) is 24.4 Å². The van der Waals surface area contributed by atoms with Gasteiger partial charge < -0.3 is 20.7 Å². The lowest BCUT2D eigenvalue weighted by molar-refractivity contribution is -0.119. The number of esters is 1. The van der Waals surface area contributed by atoms with E-state index in [0.29, 0.717) is 18.5 Å². The largest absolute Gasteiger partial charge is 0.457 e. The molecule has 1 amide bonds. The second-order valence-corrected chi connectivity index (χ2v) is 8.06. The van der Waals surface area contributed by atoms with Crippen molar-refractivity contribution in [1.29, 1.82) is 0 Å². The number of hydrogen-bond acceptors (Lipinski definition) is 4. The van der Waals surface area contributed by atoms with Crippen LogP contribution >= 0.6 is 0 Å². The molecule has 0 aromatic heterocycles. The molecule has 0 radical (unpaired) electrons. The molecule has 1 heterocycles. The predicted molar refractivity (Wildman–Crippen MR) is 125 cm³/mol. The topological polar surface area (TPSA) is 97.0 Å². The lowest BCUT2D eigenvalue weighted by Gasteiger charge is -2.34. The van der Waals surface area contributed by atoms with Gasteiger partial charge in [0.2, 0.25) is 5.91 Å². The lowest BCUT2D eigenvalue weighted by atomic mass is 9.95. The van der Waals surface area contributed by atoms with Gasteiger partial charge in [0.15, 0.2) is 5.96 Å². The molecule has 3 rings (SSSR count). The Bertz CT molecular complexity index is 930. The fourth-order valence-electron chi connectivity index (χ4n) is 3.90. The number of hydrogen-bond donors (Lipinski definition) is 2. The Kier molecular flexibility index (Phi) is 8.66. The number of nitrogens with one attached hydrogen (secondary N) is 1. The van der Waals surface area contributed by atoms with E-state index in [9.17, 15) is 9.59 Å². The van der Waals surface area contributed by atoms with Gasteiger partial charge in [0.05, 0.1) is 12.1 Å². The van der Waals surface area contributed by atoms with E-state index >= 15 is 0 Å². The quantitative estimate of drug-likeness (QED) is 0.377. The molecule has 1 aliphatic heterocycles. The monoisotopic (exact) mass is 436 g/mol. The summed E-state index contributed by atoms with van der Waals surface area (Å²) in [5.74, 6) is 0.471. The first-order chi connectivity index (χ1) is 15.5. The molecular weight excluding hydrogens is 404 g/mol. The number of nitrogens with two attached hydrogens (primary N) is 1. The van der Waals surface area contributed by atoms with Crippen molar-refractivity contribution in [2.24, 2.45) is 16.6 Å². The Balaban J connectivity index is 1.63. The Labute approximate surface area is 189 Å². The van der Waals surface area contributed by atoms with Gasteiger partial charge in [-0.05, 0) is 48.9 Å². The fourth-order valence-corrected chi connectivity index (χ4v) is 3.90. The lowest BCUT2D eigenvalue weighted by Crippen LogP contribution is -2.47. The standard InChI is InChI=1S/C25H32N4O3/c1-2-27-25(29-13-7-11-21(17-29)15-23(26)30)28-16-20-10-6-12-22(14-20)24(31)32-18-19-8-4-3-5-9-19/h3-6,8-10,12,14,21H,2,7,11,13,15-18H2,1H3,(H2,26,30)(H,27,28). The van der Waals surface area contributed by atoms with E-state index < -0.39 is 0 Å². The Morgan fingerprint density at radius 1 is 1.16 bits per heavy atom. The maximum Gasteiger partial charge on any atom is 0.338 e. The first-order valence-corrected chi connectivity index (χ1v) is 11.2. The van der Waals surface area contributed by atoms with E-state index in [4.69, 9.17) is 15.5 Å². The Morgan fingerprint density at radius 2 is 1.94 bits per heavy atom. The average molecular weight is 437 g/mol. The Hall–Kier alpha value is -3.35. The highest BCUT2D eigenvalue weighted by Crippen LogP contribution is 2.19.